The molecule has 10 heteroatoms. The third-order valence-corrected chi connectivity index (χ3v) is 5.28. The molecular formula is C10H17N3O5S2. The lowest BCUT2D eigenvalue weighted by Gasteiger charge is -2.15. The van der Waals surface area contributed by atoms with Crippen molar-refractivity contribution in [1.82, 2.24) is 14.6 Å². The fraction of sp³-hybridized carbons (Fsp3) is 0.600. The molecular weight excluding hydrogens is 306 g/mol. The van der Waals surface area contributed by atoms with Gasteiger partial charge in [0, 0.05) is 26.7 Å². The van der Waals surface area contributed by atoms with Crippen LogP contribution < -0.4 is 4.72 Å². The molecule has 0 unspecified atom stereocenters. The lowest BCUT2D eigenvalue weighted by molar-refractivity contribution is 0.0687. The largest absolute Gasteiger partial charge is 0.476 e. The molecule has 0 aliphatic carbocycles. The molecule has 0 spiro atoms. The highest BCUT2D eigenvalue weighted by Gasteiger charge is 2.25. The van der Waals surface area contributed by atoms with E-state index in [1.54, 1.807) is 7.11 Å². The number of hydrogen-bond acceptors (Lipinski definition) is 7. The first kappa shape index (κ1) is 17.0. The minimum Gasteiger partial charge on any atom is -0.476 e. The zero-order valence-corrected chi connectivity index (χ0v) is 12.8. The third kappa shape index (κ3) is 4.80. The number of sulfonamides is 1. The van der Waals surface area contributed by atoms with Gasteiger partial charge >= 0.3 is 5.97 Å². The van der Waals surface area contributed by atoms with Crippen molar-refractivity contribution in [2.24, 2.45) is 0 Å². The van der Waals surface area contributed by atoms with Crippen LogP contribution in [0.3, 0.4) is 0 Å². The van der Waals surface area contributed by atoms with Crippen molar-refractivity contribution in [3.05, 3.63) is 11.2 Å². The van der Waals surface area contributed by atoms with Crippen LogP contribution in [-0.2, 0) is 14.8 Å². The van der Waals surface area contributed by atoms with Gasteiger partial charge in [0.25, 0.3) is 10.0 Å². The summed E-state index contributed by atoms with van der Waals surface area (Å²) in [7, 11) is -0.414. The monoisotopic (exact) mass is 323 g/mol. The number of carboxylic acid groups (broad SMARTS) is 1. The molecule has 1 rings (SSSR count). The number of carboxylic acids is 1. The predicted molar refractivity (Wildman–Crippen MR) is 73.6 cm³/mol. The van der Waals surface area contributed by atoms with Crippen molar-refractivity contribution >= 4 is 27.3 Å². The van der Waals surface area contributed by atoms with Gasteiger partial charge in [0.15, 0.2) is 9.90 Å². The molecule has 0 atom stereocenters. The Labute approximate surface area is 121 Å². The van der Waals surface area contributed by atoms with E-state index in [1.807, 2.05) is 11.9 Å². The van der Waals surface area contributed by atoms with Crippen molar-refractivity contribution in [2.45, 2.75) is 4.21 Å². The maximum absolute atomic E-state index is 12.0. The Kier molecular flexibility index (Phi) is 6.49. The first-order valence-electron chi connectivity index (χ1n) is 5.72. The normalized spacial score (nSPS) is 11.9. The fourth-order valence-corrected chi connectivity index (χ4v) is 3.57. The molecule has 20 heavy (non-hydrogen) atoms. The third-order valence-electron chi connectivity index (χ3n) is 2.44. The highest BCUT2D eigenvalue weighted by molar-refractivity contribution is 7.91. The molecule has 0 aromatic carbocycles. The van der Waals surface area contributed by atoms with Crippen LogP contribution in [-0.4, -0.2) is 69.8 Å². The number of methoxy groups -OCH3 is 1. The minimum absolute atomic E-state index is 0.180. The second-order valence-corrected chi connectivity index (χ2v) is 6.80. The van der Waals surface area contributed by atoms with Crippen molar-refractivity contribution in [2.75, 3.05) is 40.4 Å². The van der Waals surface area contributed by atoms with Crippen LogP contribution in [0.5, 0.6) is 0 Å². The second-order valence-electron chi connectivity index (χ2n) is 3.99. The van der Waals surface area contributed by atoms with Crippen LogP contribution in [0.2, 0.25) is 0 Å². The molecule has 114 valence electrons. The number of nitrogens with zero attached hydrogens (tertiary/aromatic N) is 2. The highest BCUT2D eigenvalue weighted by Crippen LogP contribution is 2.19. The second kappa shape index (κ2) is 7.64. The zero-order chi connectivity index (χ0) is 15.2. The summed E-state index contributed by atoms with van der Waals surface area (Å²) < 4.78 is 30.9. The van der Waals surface area contributed by atoms with E-state index in [0.717, 1.165) is 11.3 Å². The molecule has 0 radical (unpaired) electrons. The number of ether oxygens (including phenoxy) is 1. The molecule has 1 aromatic heterocycles. The number of aromatic nitrogens is 1. The molecule has 1 heterocycles. The van der Waals surface area contributed by atoms with Gasteiger partial charge in [0.05, 0.1) is 12.1 Å². The first-order chi connectivity index (χ1) is 9.38. The number of aromatic carboxylic acids is 1. The first-order valence-corrected chi connectivity index (χ1v) is 8.08. The average Bonchev–Trinajstić information content (AvgIpc) is 2.86. The van der Waals surface area contributed by atoms with E-state index in [1.165, 1.54) is 5.51 Å². The number of likely N-dealkylation sites (N-methyl/N-ethyl adjacent to an activating group) is 1. The summed E-state index contributed by atoms with van der Waals surface area (Å²) in [6, 6.07) is 0. The Balaban J connectivity index is 2.58. The van der Waals surface area contributed by atoms with Gasteiger partial charge in [-0.3, -0.25) is 0 Å². The van der Waals surface area contributed by atoms with E-state index in [9.17, 15) is 13.2 Å². The van der Waals surface area contributed by atoms with Crippen LogP contribution in [0.25, 0.3) is 0 Å². The summed E-state index contributed by atoms with van der Waals surface area (Å²) in [5.74, 6) is -1.36. The van der Waals surface area contributed by atoms with Gasteiger partial charge in [-0.05, 0) is 7.05 Å². The van der Waals surface area contributed by atoms with Crippen molar-refractivity contribution in [3.63, 3.8) is 0 Å². The Bertz CT molecular complexity index is 543. The van der Waals surface area contributed by atoms with Crippen LogP contribution >= 0.6 is 11.3 Å². The smallest absolute Gasteiger partial charge is 0.356 e. The number of thiazole rings is 1. The molecule has 0 bridgehead atoms. The van der Waals surface area contributed by atoms with Gasteiger partial charge in [0.2, 0.25) is 0 Å². The standard InChI is InChI=1S/C10H17N3O5S2/c1-13(5-6-18-2)4-3-12-20(16,17)10-8(9(14)15)11-7-19-10/h7,12H,3-6H2,1-2H3,(H,14,15). The van der Waals surface area contributed by atoms with Gasteiger partial charge in [-0.1, -0.05) is 0 Å². The van der Waals surface area contributed by atoms with E-state index >= 15 is 0 Å². The molecule has 0 saturated carbocycles. The highest BCUT2D eigenvalue weighted by atomic mass is 32.2. The number of hydrogen-bond donors (Lipinski definition) is 2. The van der Waals surface area contributed by atoms with Crippen molar-refractivity contribution in [3.8, 4) is 0 Å². The molecule has 8 nitrogen and oxygen atoms in total. The Hall–Kier alpha value is -1.07. The van der Waals surface area contributed by atoms with Crippen LogP contribution in [0.1, 0.15) is 10.5 Å². The van der Waals surface area contributed by atoms with Gasteiger partial charge in [0.1, 0.15) is 0 Å². The molecule has 2 N–H and O–H groups in total. The summed E-state index contributed by atoms with van der Waals surface area (Å²) in [5.41, 5.74) is 0.748. The lowest BCUT2D eigenvalue weighted by Crippen LogP contribution is -2.34. The van der Waals surface area contributed by atoms with Gasteiger partial charge in [-0.2, -0.15) is 0 Å². The van der Waals surface area contributed by atoms with Crippen LogP contribution in [0.15, 0.2) is 9.72 Å². The summed E-state index contributed by atoms with van der Waals surface area (Å²) in [6.45, 7) is 1.91. The Morgan fingerprint density at radius 3 is 2.85 bits per heavy atom. The van der Waals surface area contributed by atoms with Crippen molar-refractivity contribution in [1.29, 1.82) is 0 Å². The number of nitrogens with one attached hydrogen (secondary N) is 1. The number of rotatable bonds is 9. The summed E-state index contributed by atoms with van der Waals surface area (Å²) in [5, 5.41) is 8.86. The topological polar surface area (TPSA) is 109 Å². The van der Waals surface area contributed by atoms with E-state index in [-0.39, 0.29) is 10.8 Å². The fourth-order valence-electron chi connectivity index (χ4n) is 1.36. The Morgan fingerprint density at radius 2 is 2.25 bits per heavy atom. The van der Waals surface area contributed by atoms with Gasteiger partial charge in [-0.25, -0.2) is 22.9 Å². The maximum atomic E-state index is 12.0. The Morgan fingerprint density at radius 1 is 1.55 bits per heavy atom. The number of carbonyl (C=O) groups is 1. The molecule has 0 aliphatic heterocycles. The predicted octanol–water partition coefficient (Wildman–Crippen LogP) is -0.302. The van der Waals surface area contributed by atoms with E-state index in [4.69, 9.17) is 9.84 Å². The maximum Gasteiger partial charge on any atom is 0.356 e. The summed E-state index contributed by atoms with van der Waals surface area (Å²) >= 11 is 0.782. The average molecular weight is 323 g/mol. The SMILES string of the molecule is COCCN(C)CCNS(=O)(=O)c1scnc1C(=O)O. The summed E-state index contributed by atoms with van der Waals surface area (Å²) in [4.78, 5) is 16.3. The van der Waals surface area contributed by atoms with E-state index in [2.05, 4.69) is 9.71 Å². The molecule has 0 saturated heterocycles. The quantitative estimate of drug-likeness (QED) is 0.642. The van der Waals surface area contributed by atoms with E-state index < -0.39 is 21.7 Å². The lowest BCUT2D eigenvalue weighted by atomic mass is 10.5. The molecule has 0 amide bonds. The van der Waals surface area contributed by atoms with Gasteiger partial charge in [-0.15, -0.1) is 11.3 Å². The van der Waals surface area contributed by atoms with Gasteiger partial charge < -0.3 is 14.7 Å². The molecule has 0 aliphatic rings. The molecule has 0 fully saturated rings. The van der Waals surface area contributed by atoms with Crippen LogP contribution in [0, 0.1) is 0 Å². The van der Waals surface area contributed by atoms with E-state index in [0.29, 0.717) is 19.7 Å². The summed E-state index contributed by atoms with van der Waals surface area (Å²) in [6.07, 6.45) is 0. The zero-order valence-electron chi connectivity index (χ0n) is 11.2. The minimum atomic E-state index is -3.84. The van der Waals surface area contributed by atoms with Crippen LogP contribution in [0.4, 0.5) is 0 Å². The molecule has 1 aromatic rings. The van der Waals surface area contributed by atoms with Crippen molar-refractivity contribution < 1.29 is 23.1 Å².